The predicted molar refractivity (Wildman–Crippen MR) is 91.6 cm³/mol. The molecule has 1 aromatic carbocycles. The van der Waals surface area contributed by atoms with E-state index in [0.717, 1.165) is 28.7 Å². The average Bonchev–Trinajstić information content (AvgIpc) is 2.99. The number of carbonyl (C=O) groups is 1. The van der Waals surface area contributed by atoms with Gasteiger partial charge in [0, 0.05) is 30.5 Å². The monoisotopic (exact) mass is 367 g/mol. The summed E-state index contributed by atoms with van der Waals surface area (Å²) in [5, 5.41) is 4.04. The number of fused-ring (bicyclic) bond motifs is 1. The summed E-state index contributed by atoms with van der Waals surface area (Å²) in [6, 6.07) is 4.31. The minimum Gasteiger partial charge on any atom is -0.378 e. The summed E-state index contributed by atoms with van der Waals surface area (Å²) in [5.41, 5.74) is 0.756. The lowest BCUT2D eigenvalue weighted by Gasteiger charge is -2.26. The molecule has 1 saturated heterocycles. The number of thiazole rings is 1. The van der Waals surface area contributed by atoms with E-state index in [2.05, 4.69) is 15.2 Å². The number of hydrogen-bond donors (Lipinski definition) is 1. The van der Waals surface area contributed by atoms with Gasteiger partial charge in [-0.1, -0.05) is 29.0 Å². The lowest BCUT2D eigenvalue weighted by atomic mass is 9.91. The highest BCUT2D eigenvalue weighted by Crippen LogP contribution is 2.45. The van der Waals surface area contributed by atoms with Crippen molar-refractivity contribution in [3.05, 3.63) is 39.5 Å². The lowest BCUT2D eigenvalue weighted by molar-refractivity contribution is -0.116. The van der Waals surface area contributed by atoms with Gasteiger partial charge >= 0.3 is 0 Å². The van der Waals surface area contributed by atoms with E-state index in [0.29, 0.717) is 24.1 Å². The second-order valence-electron chi connectivity index (χ2n) is 5.78. The van der Waals surface area contributed by atoms with Gasteiger partial charge in [0.05, 0.1) is 18.1 Å². The van der Waals surface area contributed by atoms with Gasteiger partial charge in [-0.3, -0.25) is 4.79 Å². The fourth-order valence-electron chi connectivity index (χ4n) is 3.03. The first-order valence-electron chi connectivity index (χ1n) is 7.70. The van der Waals surface area contributed by atoms with Crippen LogP contribution in [0.25, 0.3) is 0 Å². The quantitative estimate of drug-likeness (QED) is 0.885. The maximum absolute atomic E-state index is 13.3. The molecule has 5 nitrogen and oxygen atoms in total. The molecule has 126 valence electrons. The summed E-state index contributed by atoms with van der Waals surface area (Å²) >= 11 is 7.77. The lowest BCUT2D eigenvalue weighted by Crippen LogP contribution is -2.36. The summed E-state index contributed by atoms with van der Waals surface area (Å²) < 4.78 is 18.7. The van der Waals surface area contributed by atoms with Crippen molar-refractivity contribution in [1.29, 1.82) is 0 Å². The summed E-state index contributed by atoms with van der Waals surface area (Å²) in [5.74, 6) is -0.105. The molecule has 0 spiro atoms. The Balaban J connectivity index is 1.73. The van der Waals surface area contributed by atoms with Crippen LogP contribution >= 0.6 is 22.9 Å². The molecule has 1 atom stereocenters. The zero-order valence-electron chi connectivity index (χ0n) is 12.7. The molecule has 2 aromatic rings. The van der Waals surface area contributed by atoms with Gasteiger partial charge in [0.15, 0.2) is 5.13 Å². The van der Waals surface area contributed by atoms with Crippen molar-refractivity contribution in [1.82, 2.24) is 4.98 Å². The van der Waals surface area contributed by atoms with E-state index in [1.54, 1.807) is 17.4 Å². The topological polar surface area (TPSA) is 54.5 Å². The van der Waals surface area contributed by atoms with Crippen molar-refractivity contribution in [3.8, 4) is 0 Å². The number of carbonyl (C=O) groups excluding carboxylic acids is 1. The highest BCUT2D eigenvalue weighted by atomic mass is 35.5. The predicted octanol–water partition coefficient (Wildman–Crippen LogP) is 3.25. The zero-order valence-corrected chi connectivity index (χ0v) is 14.3. The maximum Gasteiger partial charge on any atom is 0.226 e. The third-order valence-electron chi connectivity index (χ3n) is 4.23. The molecule has 2 aliphatic rings. The summed E-state index contributed by atoms with van der Waals surface area (Å²) in [6.45, 7) is 2.90. The van der Waals surface area contributed by atoms with Crippen molar-refractivity contribution >= 4 is 39.8 Å². The van der Waals surface area contributed by atoms with Crippen LogP contribution in [0.1, 0.15) is 22.8 Å². The van der Waals surface area contributed by atoms with Gasteiger partial charge in [0.25, 0.3) is 0 Å². The van der Waals surface area contributed by atoms with Crippen LogP contribution in [0.4, 0.5) is 15.3 Å². The Morgan fingerprint density at radius 1 is 1.38 bits per heavy atom. The number of hydrogen-bond acceptors (Lipinski definition) is 5. The Morgan fingerprint density at radius 2 is 2.17 bits per heavy atom. The fourth-order valence-corrected chi connectivity index (χ4v) is 4.52. The molecule has 0 aliphatic carbocycles. The summed E-state index contributed by atoms with van der Waals surface area (Å²) in [6.07, 6.45) is 0.281. The van der Waals surface area contributed by atoms with Crippen LogP contribution in [0.2, 0.25) is 5.02 Å². The van der Waals surface area contributed by atoms with Crippen LogP contribution in [0.3, 0.4) is 0 Å². The van der Waals surface area contributed by atoms with Gasteiger partial charge < -0.3 is 15.0 Å². The molecule has 4 rings (SSSR count). The number of benzene rings is 1. The Bertz CT molecular complexity index is 792. The molecule has 2 aliphatic heterocycles. The number of morpholine rings is 1. The minimum atomic E-state index is -0.387. The van der Waals surface area contributed by atoms with E-state index < -0.39 is 0 Å². The van der Waals surface area contributed by atoms with E-state index in [-0.39, 0.29) is 24.1 Å². The van der Waals surface area contributed by atoms with Crippen molar-refractivity contribution in [2.75, 3.05) is 36.5 Å². The molecule has 1 fully saturated rings. The molecule has 8 heteroatoms. The van der Waals surface area contributed by atoms with Gasteiger partial charge in [0.1, 0.15) is 11.6 Å². The first kappa shape index (κ1) is 15.8. The van der Waals surface area contributed by atoms with Crippen LogP contribution in [0, 0.1) is 5.82 Å². The molecule has 0 bridgehead atoms. The third kappa shape index (κ3) is 2.87. The van der Waals surface area contributed by atoms with Crippen LogP contribution in [0.5, 0.6) is 0 Å². The van der Waals surface area contributed by atoms with Gasteiger partial charge in [-0.25, -0.2) is 9.37 Å². The molecule has 1 aromatic heterocycles. The van der Waals surface area contributed by atoms with Crippen molar-refractivity contribution in [3.63, 3.8) is 0 Å². The SMILES string of the molecule is O=C1C[C@@H](c2ccc(F)cc2Cl)c2sc(N3CCOCC3)nc2N1. The van der Waals surface area contributed by atoms with Crippen molar-refractivity contribution in [2.24, 2.45) is 0 Å². The Labute approximate surface area is 147 Å². The van der Waals surface area contributed by atoms with Crippen molar-refractivity contribution in [2.45, 2.75) is 12.3 Å². The highest BCUT2D eigenvalue weighted by Gasteiger charge is 2.32. The number of halogens is 2. The second-order valence-corrected chi connectivity index (χ2v) is 7.20. The Hall–Kier alpha value is -1.70. The second kappa shape index (κ2) is 6.31. The Kier molecular flexibility index (Phi) is 4.15. The average molecular weight is 368 g/mol. The molecule has 1 amide bonds. The molecule has 1 N–H and O–H groups in total. The van der Waals surface area contributed by atoms with Crippen LogP contribution in [-0.4, -0.2) is 37.2 Å². The zero-order chi connectivity index (χ0) is 16.7. The Morgan fingerprint density at radius 3 is 2.92 bits per heavy atom. The molecule has 0 saturated carbocycles. The van der Waals surface area contributed by atoms with E-state index in [4.69, 9.17) is 16.3 Å². The van der Waals surface area contributed by atoms with Crippen LogP contribution in [-0.2, 0) is 9.53 Å². The summed E-state index contributed by atoms with van der Waals surface area (Å²) in [7, 11) is 0. The standard InChI is InChI=1S/C16H15ClFN3O2S/c17-12-7-9(18)1-2-10(12)11-8-13(22)19-15-14(11)24-16(20-15)21-3-5-23-6-4-21/h1-2,7,11H,3-6,8H2,(H,19,22)/t11-/m0/s1. The summed E-state index contributed by atoms with van der Waals surface area (Å²) in [4.78, 5) is 19.8. The van der Waals surface area contributed by atoms with Gasteiger partial charge in [-0.05, 0) is 17.7 Å². The minimum absolute atomic E-state index is 0.105. The van der Waals surface area contributed by atoms with Gasteiger partial charge in [-0.2, -0.15) is 0 Å². The highest BCUT2D eigenvalue weighted by molar-refractivity contribution is 7.16. The number of aromatic nitrogens is 1. The van der Waals surface area contributed by atoms with Crippen LogP contribution < -0.4 is 10.2 Å². The molecule has 0 radical (unpaired) electrons. The number of ether oxygens (including phenoxy) is 1. The first-order valence-corrected chi connectivity index (χ1v) is 8.89. The molecule has 3 heterocycles. The maximum atomic E-state index is 13.3. The van der Waals surface area contributed by atoms with Gasteiger partial charge in [-0.15, -0.1) is 0 Å². The number of nitrogens with zero attached hydrogens (tertiary/aromatic N) is 2. The number of amides is 1. The van der Waals surface area contributed by atoms with E-state index >= 15 is 0 Å². The third-order valence-corrected chi connectivity index (χ3v) is 5.78. The van der Waals surface area contributed by atoms with Gasteiger partial charge in [0.2, 0.25) is 5.91 Å². The molecular formula is C16H15ClFN3O2S. The molecule has 24 heavy (non-hydrogen) atoms. The largest absolute Gasteiger partial charge is 0.378 e. The fraction of sp³-hybridized carbons (Fsp3) is 0.375. The number of rotatable bonds is 2. The number of anilines is 2. The van der Waals surface area contributed by atoms with E-state index in [1.807, 2.05) is 0 Å². The van der Waals surface area contributed by atoms with E-state index in [9.17, 15) is 9.18 Å². The number of nitrogens with one attached hydrogen (secondary N) is 1. The first-order chi connectivity index (χ1) is 11.6. The molecule has 0 unspecified atom stereocenters. The molecular weight excluding hydrogens is 353 g/mol. The normalized spacial score (nSPS) is 20.7. The van der Waals surface area contributed by atoms with Crippen molar-refractivity contribution < 1.29 is 13.9 Å². The smallest absolute Gasteiger partial charge is 0.226 e. The van der Waals surface area contributed by atoms with E-state index in [1.165, 1.54) is 12.1 Å². The van der Waals surface area contributed by atoms with Crippen LogP contribution in [0.15, 0.2) is 18.2 Å².